The Morgan fingerprint density at radius 2 is 1.67 bits per heavy atom. The molecule has 1 unspecified atom stereocenters. The topological polar surface area (TPSA) is 61.8 Å². The maximum atomic E-state index is 12.0. The Bertz CT molecular complexity index is 913. The molecular weight excluding hydrogens is 344 g/mol. The van der Waals surface area contributed by atoms with Gasteiger partial charge in [-0.05, 0) is 26.2 Å². The van der Waals surface area contributed by atoms with Crippen LogP contribution in [0.5, 0.6) is 11.5 Å². The van der Waals surface area contributed by atoms with E-state index in [-0.39, 0.29) is 6.10 Å². The molecule has 3 rings (SSSR count). The Labute approximate surface area is 158 Å². The standard InChI is InChI=1S/C22H22O5/c1-4-18(23)26-21-14-10-7-8-11-15(14)22(27-19(24)5-2)20-16(21)12-9-13-17(20)25-6-3/h4-5,7-8,10-11,17H,1-2,6,9,12-13H2,3H3. The van der Waals surface area contributed by atoms with E-state index in [1.54, 1.807) is 0 Å². The molecule has 5 nitrogen and oxygen atoms in total. The van der Waals surface area contributed by atoms with E-state index in [2.05, 4.69) is 13.2 Å². The molecule has 0 radical (unpaired) electrons. The second-order valence-corrected chi connectivity index (χ2v) is 6.18. The van der Waals surface area contributed by atoms with Crippen LogP contribution in [0.1, 0.15) is 37.0 Å². The van der Waals surface area contributed by atoms with Crippen LogP contribution in [0.15, 0.2) is 49.6 Å². The predicted octanol–water partition coefficient (Wildman–Crippen LogP) is 4.44. The van der Waals surface area contributed by atoms with Crippen LogP contribution in [0.2, 0.25) is 0 Å². The lowest BCUT2D eigenvalue weighted by atomic mass is 9.85. The molecule has 0 N–H and O–H groups in total. The summed E-state index contributed by atoms with van der Waals surface area (Å²) < 4.78 is 17.2. The van der Waals surface area contributed by atoms with Crippen molar-refractivity contribution in [1.82, 2.24) is 0 Å². The summed E-state index contributed by atoms with van der Waals surface area (Å²) in [5.74, 6) is -0.147. The van der Waals surface area contributed by atoms with Crippen LogP contribution < -0.4 is 9.47 Å². The van der Waals surface area contributed by atoms with E-state index in [4.69, 9.17) is 14.2 Å². The van der Waals surface area contributed by atoms with E-state index in [1.807, 2.05) is 31.2 Å². The highest BCUT2D eigenvalue weighted by atomic mass is 16.5. The third-order valence-electron chi connectivity index (χ3n) is 4.58. The van der Waals surface area contributed by atoms with Crippen LogP contribution in [0.3, 0.4) is 0 Å². The first kappa shape index (κ1) is 18.9. The van der Waals surface area contributed by atoms with Crippen LogP contribution in [-0.2, 0) is 20.7 Å². The van der Waals surface area contributed by atoms with Gasteiger partial charge >= 0.3 is 11.9 Å². The molecule has 0 bridgehead atoms. The van der Waals surface area contributed by atoms with Crippen molar-refractivity contribution in [3.05, 3.63) is 60.7 Å². The van der Waals surface area contributed by atoms with E-state index in [0.717, 1.165) is 36.1 Å². The number of hydrogen-bond acceptors (Lipinski definition) is 5. The number of esters is 2. The fourth-order valence-electron chi connectivity index (χ4n) is 3.52. The van der Waals surface area contributed by atoms with Gasteiger partial charge in [-0.2, -0.15) is 0 Å². The first-order chi connectivity index (χ1) is 13.1. The number of carbonyl (C=O) groups is 2. The van der Waals surface area contributed by atoms with Gasteiger partial charge in [0.2, 0.25) is 0 Å². The molecule has 27 heavy (non-hydrogen) atoms. The van der Waals surface area contributed by atoms with Gasteiger partial charge in [-0.1, -0.05) is 37.4 Å². The third-order valence-corrected chi connectivity index (χ3v) is 4.58. The molecule has 0 spiro atoms. The molecule has 2 aromatic carbocycles. The van der Waals surface area contributed by atoms with Gasteiger partial charge in [0.25, 0.3) is 0 Å². The highest BCUT2D eigenvalue weighted by molar-refractivity contribution is 6.00. The van der Waals surface area contributed by atoms with E-state index in [1.165, 1.54) is 0 Å². The molecule has 2 aromatic rings. The first-order valence-corrected chi connectivity index (χ1v) is 8.98. The normalized spacial score (nSPS) is 15.7. The summed E-state index contributed by atoms with van der Waals surface area (Å²) in [6, 6.07) is 7.38. The van der Waals surface area contributed by atoms with Crippen LogP contribution in [0.4, 0.5) is 0 Å². The Balaban J connectivity index is 2.34. The zero-order valence-electron chi connectivity index (χ0n) is 15.3. The van der Waals surface area contributed by atoms with Crippen LogP contribution in [0.25, 0.3) is 10.8 Å². The fourth-order valence-corrected chi connectivity index (χ4v) is 3.52. The van der Waals surface area contributed by atoms with Crippen molar-refractivity contribution in [1.29, 1.82) is 0 Å². The van der Waals surface area contributed by atoms with E-state index < -0.39 is 11.9 Å². The monoisotopic (exact) mass is 366 g/mol. The number of rotatable bonds is 6. The van der Waals surface area contributed by atoms with Gasteiger partial charge in [0.15, 0.2) is 0 Å². The molecule has 1 aliphatic rings. The fraction of sp³-hybridized carbons (Fsp3) is 0.273. The number of benzene rings is 2. The molecule has 0 saturated carbocycles. The van der Waals surface area contributed by atoms with Crippen molar-refractivity contribution in [2.24, 2.45) is 0 Å². The Morgan fingerprint density at radius 1 is 1.07 bits per heavy atom. The van der Waals surface area contributed by atoms with Crippen molar-refractivity contribution < 1.29 is 23.8 Å². The Morgan fingerprint density at radius 3 is 2.26 bits per heavy atom. The minimum absolute atomic E-state index is 0.239. The number of ether oxygens (including phenoxy) is 3. The molecule has 0 amide bonds. The summed E-state index contributed by atoms with van der Waals surface area (Å²) >= 11 is 0. The smallest absolute Gasteiger partial charge is 0.335 e. The van der Waals surface area contributed by atoms with Crippen LogP contribution >= 0.6 is 0 Å². The van der Waals surface area contributed by atoms with Gasteiger partial charge in [-0.25, -0.2) is 9.59 Å². The van der Waals surface area contributed by atoms with Crippen molar-refractivity contribution in [2.45, 2.75) is 32.3 Å². The summed E-state index contributed by atoms with van der Waals surface area (Å²) in [4.78, 5) is 24.0. The van der Waals surface area contributed by atoms with Crippen molar-refractivity contribution in [3.63, 3.8) is 0 Å². The lowest BCUT2D eigenvalue weighted by Gasteiger charge is -2.30. The average molecular weight is 366 g/mol. The van der Waals surface area contributed by atoms with Crippen molar-refractivity contribution in [2.75, 3.05) is 6.61 Å². The lowest BCUT2D eigenvalue weighted by molar-refractivity contribution is -0.130. The SMILES string of the molecule is C=CC(=O)Oc1c2c(c(OC(=O)C=C)c3ccccc13)C(OCC)CCC2. The number of carbonyl (C=O) groups excluding carboxylic acids is 2. The van der Waals surface area contributed by atoms with Crippen molar-refractivity contribution >= 4 is 22.7 Å². The van der Waals surface area contributed by atoms with Gasteiger partial charge in [-0.15, -0.1) is 0 Å². The van der Waals surface area contributed by atoms with Gasteiger partial charge in [0.1, 0.15) is 11.5 Å². The van der Waals surface area contributed by atoms with Gasteiger partial charge in [0.05, 0.1) is 6.10 Å². The highest BCUT2D eigenvalue weighted by Gasteiger charge is 2.31. The minimum atomic E-state index is -0.543. The molecule has 1 atom stereocenters. The first-order valence-electron chi connectivity index (χ1n) is 8.98. The van der Waals surface area contributed by atoms with Crippen molar-refractivity contribution in [3.8, 4) is 11.5 Å². The summed E-state index contributed by atoms with van der Waals surface area (Å²) in [6.07, 6.45) is 4.40. The maximum Gasteiger partial charge on any atom is 0.335 e. The minimum Gasteiger partial charge on any atom is -0.422 e. The molecule has 0 fully saturated rings. The maximum absolute atomic E-state index is 12.0. The largest absolute Gasteiger partial charge is 0.422 e. The Hall–Kier alpha value is -2.92. The summed E-state index contributed by atoms with van der Waals surface area (Å²) in [6.45, 7) is 9.41. The molecule has 0 heterocycles. The number of fused-ring (bicyclic) bond motifs is 2. The van der Waals surface area contributed by atoms with E-state index in [9.17, 15) is 9.59 Å². The lowest BCUT2D eigenvalue weighted by Crippen LogP contribution is -2.19. The summed E-state index contributed by atoms with van der Waals surface area (Å²) in [5, 5.41) is 1.39. The molecule has 0 aliphatic heterocycles. The summed E-state index contributed by atoms with van der Waals surface area (Å²) in [5.41, 5.74) is 1.60. The average Bonchev–Trinajstić information content (AvgIpc) is 2.70. The molecular formula is C22H22O5. The zero-order valence-corrected chi connectivity index (χ0v) is 15.3. The van der Waals surface area contributed by atoms with E-state index >= 15 is 0 Å². The van der Waals surface area contributed by atoms with Crippen LogP contribution in [-0.4, -0.2) is 18.5 Å². The number of hydrogen-bond donors (Lipinski definition) is 0. The Kier molecular flexibility index (Phi) is 5.72. The highest BCUT2D eigenvalue weighted by Crippen LogP contribution is 2.48. The second-order valence-electron chi connectivity index (χ2n) is 6.18. The molecule has 5 heteroatoms. The molecule has 0 saturated heterocycles. The molecule has 140 valence electrons. The second kappa shape index (κ2) is 8.18. The van der Waals surface area contributed by atoms with Crippen LogP contribution in [0, 0.1) is 0 Å². The van der Waals surface area contributed by atoms with Gasteiger partial charge < -0.3 is 14.2 Å². The van der Waals surface area contributed by atoms with Gasteiger partial charge in [-0.3, -0.25) is 0 Å². The summed E-state index contributed by atoms with van der Waals surface area (Å²) in [7, 11) is 0. The predicted molar refractivity (Wildman–Crippen MR) is 103 cm³/mol. The quantitative estimate of drug-likeness (QED) is 0.430. The molecule has 1 aliphatic carbocycles. The third kappa shape index (κ3) is 3.64. The van der Waals surface area contributed by atoms with Gasteiger partial charge in [0, 0.05) is 40.7 Å². The zero-order chi connectivity index (χ0) is 19.4. The van der Waals surface area contributed by atoms with E-state index in [0.29, 0.717) is 35.3 Å². The molecule has 0 aromatic heterocycles.